The molecule has 1 aromatic carbocycles. The Labute approximate surface area is 160 Å². The van der Waals surface area contributed by atoms with Gasteiger partial charge in [-0.3, -0.25) is 4.79 Å². The maximum Gasteiger partial charge on any atom is 0.246 e. The molecule has 1 aromatic heterocycles. The van der Waals surface area contributed by atoms with E-state index in [1.165, 1.54) is 0 Å². The van der Waals surface area contributed by atoms with Crippen LogP contribution < -0.4 is 9.64 Å². The van der Waals surface area contributed by atoms with Gasteiger partial charge >= 0.3 is 0 Å². The normalized spacial score (nSPS) is 15.0. The van der Waals surface area contributed by atoms with Crippen LogP contribution in [-0.2, 0) is 4.79 Å². The van der Waals surface area contributed by atoms with Crippen molar-refractivity contribution in [1.82, 2.24) is 4.90 Å². The van der Waals surface area contributed by atoms with Crippen molar-refractivity contribution in [2.24, 2.45) is 0 Å². The first-order valence-electron chi connectivity index (χ1n) is 8.36. The maximum atomic E-state index is 12.4. The van der Waals surface area contributed by atoms with Gasteiger partial charge in [-0.05, 0) is 53.2 Å². The SMILES string of the molecule is CCOc1ccccc1N1CCN(C(=O)/C=C/c2ccc(Br)s2)CC1. The lowest BCUT2D eigenvalue weighted by atomic mass is 10.2. The van der Waals surface area contributed by atoms with Gasteiger partial charge in [0, 0.05) is 37.1 Å². The summed E-state index contributed by atoms with van der Waals surface area (Å²) in [5.74, 6) is 0.982. The van der Waals surface area contributed by atoms with Crippen LogP contribution in [0.5, 0.6) is 5.75 Å². The largest absolute Gasteiger partial charge is 0.492 e. The van der Waals surface area contributed by atoms with Crippen molar-refractivity contribution in [3.63, 3.8) is 0 Å². The lowest BCUT2D eigenvalue weighted by Crippen LogP contribution is -2.48. The molecule has 2 heterocycles. The maximum absolute atomic E-state index is 12.4. The Morgan fingerprint density at radius 1 is 1.20 bits per heavy atom. The molecule has 0 unspecified atom stereocenters. The summed E-state index contributed by atoms with van der Waals surface area (Å²) in [6.07, 6.45) is 3.55. The molecular weight excluding hydrogens is 400 g/mol. The zero-order valence-electron chi connectivity index (χ0n) is 14.2. The molecule has 0 bridgehead atoms. The molecule has 4 nitrogen and oxygen atoms in total. The van der Waals surface area contributed by atoms with Crippen molar-refractivity contribution in [1.29, 1.82) is 0 Å². The number of halogens is 1. The van der Waals surface area contributed by atoms with E-state index >= 15 is 0 Å². The van der Waals surface area contributed by atoms with Gasteiger partial charge in [-0.2, -0.15) is 0 Å². The number of hydrogen-bond donors (Lipinski definition) is 0. The Hall–Kier alpha value is -1.79. The van der Waals surface area contributed by atoms with Crippen LogP contribution in [0.3, 0.4) is 0 Å². The van der Waals surface area contributed by atoms with Crippen molar-refractivity contribution in [2.45, 2.75) is 6.92 Å². The first-order valence-corrected chi connectivity index (χ1v) is 9.97. The number of nitrogens with zero attached hydrogens (tertiary/aromatic N) is 2. The van der Waals surface area contributed by atoms with E-state index in [4.69, 9.17) is 4.74 Å². The molecule has 132 valence electrons. The number of benzene rings is 1. The number of hydrogen-bond acceptors (Lipinski definition) is 4. The highest BCUT2D eigenvalue weighted by Gasteiger charge is 2.21. The lowest BCUT2D eigenvalue weighted by Gasteiger charge is -2.36. The van der Waals surface area contributed by atoms with E-state index in [0.717, 1.165) is 46.3 Å². The molecule has 6 heteroatoms. The highest BCUT2D eigenvalue weighted by molar-refractivity contribution is 9.11. The number of rotatable bonds is 5. The van der Waals surface area contributed by atoms with Crippen molar-refractivity contribution >= 4 is 44.9 Å². The summed E-state index contributed by atoms with van der Waals surface area (Å²) in [4.78, 5) is 17.6. The van der Waals surface area contributed by atoms with E-state index in [2.05, 4.69) is 26.9 Å². The Kier molecular flexibility index (Phi) is 6.15. The van der Waals surface area contributed by atoms with Gasteiger partial charge in [0.15, 0.2) is 0 Å². The van der Waals surface area contributed by atoms with Crippen molar-refractivity contribution < 1.29 is 9.53 Å². The molecule has 2 aromatic rings. The molecule has 0 radical (unpaired) electrons. The van der Waals surface area contributed by atoms with Gasteiger partial charge in [0.2, 0.25) is 5.91 Å². The summed E-state index contributed by atoms with van der Waals surface area (Å²) in [5, 5.41) is 0. The molecule has 1 amide bonds. The summed E-state index contributed by atoms with van der Waals surface area (Å²) in [7, 11) is 0. The Balaban J connectivity index is 1.58. The summed E-state index contributed by atoms with van der Waals surface area (Å²) in [6.45, 7) is 5.71. The smallest absolute Gasteiger partial charge is 0.246 e. The van der Waals surface area contributed by atoms with Gasteiger partial charge in [-0.1, -0.05) is 12.1 Å². The number of anilines is 1. The zero-order chi connectivity index (χ0) is 17.6. The Morgan fingerprint density at radius 2 is 1.96 bits per heavy atom. The summed E-state index contributed by atoms with van der Waals surface area (Å²) >= 11 is 5.05. The van der Waals surface area contributed by atoms with Crippen LogP contribution in [0.25, 0.3) is 6.08 Å². The van der Waals surface area contributed by atoms with Crippen LogP contribution in [0, 0.1) is 0 Å². The van der Waals surface area contributed by atoms with Gasteiger partial charge in [-0.25, -0.2) is 0 Å². The first-order chi connectivity index (χ1) is 12.2. The second-order valence-corrected chi connectivity index (χ2v) is 8.18. The molecule has 0 N–H and O–H groups in total. The third-order valence-electron chi connectivity index (χ3n) is 4.08. The van der Waals surface area contributed by atoms with Crippen LogP contribution in [0.15, 0.2) is 46.3 Å². The molecule has 0 saturated carbocycles. The number of piperazine rings is 1. The molecule has 1 fully saturated rings. The highest BCUT2D eigenvalue weighted by Crippen LogP contribution is 2.29. The number of thiophene rings is 1. The molecule has 0 spiro atoms. The highest BCUT2D eigenvalue weighted by atomic mass is 79.9. The molecule has 0 atom stereocenters. The number of ether oxygens (including phenoxy) is 1. The zero-order valence-corrected chi connectivity index (χ0v) is 16.6. The predicted molar refractivity (Wildman–Crippen MR) is 107 cm³/mol. The first kappa shape index (κ1) is 18.0. The van der Waals surface area contributed by atoms with E-state index in [-0.39, 0.29) is 5.91 Å². The Morgan fingerprint density at radius 3 is 2.64 bits per heavy atom. The average Bonchev–Trinajstić information content (AvgIpc) is 3.06. The van der Waals surface area contributed by atoms with E-state index in [0.29, 0.717) is 6.61 Å². The van der Waals surface area contributed by atoms with Crippen molar-refractivity contribution in [3.05, 3.63) is 51.1 Å². The minimum atomic E-state index is 0.0715. The topological polar surface area (TPSA) is 32.8 Å². The molecule has 25 heavy (non-hydrogen) atoms. The van der Waals surface area contributed by atoms with Crippen LogP contribution in [0.4, 0.5) is 5.69 Å². The third-order valence-corrected chi connectivity index (χ3v) is 5.67. The van der Waals surface area contributed by atoms with E-state index < -0.39 is 0 Å². The second kappa shape index (κ2) is 8.54. The summed E-state index contributed by atoms with van der Waals surface area (Å²) in [6, 6.07) is 12.1. The van der Waals surface area contributed by atoms with Gasteiger partial charge in [0.1, 0.15) is 5.75 Å². The minimum Gasteiger partial charge on any atom is -0.492 e. The predicted octanol–water partition coefficient (Wildman–Crippen LogP) is 4.27. The van der Waals surface area contributed by atoms with E-state index in [1.54, 1.807) is 17.4 Å². The van der Waals surface area contributed by atoms with Crippen molar-refractivity contribution in [3.8, 4) is 5.75 Å². The second-order valence-electron chi connectivity index (χ2n) is 5.69. The standard InChI is InChI=1S/C19H21BrN2O2S/c1-2-24-17-6-4-3-5-16(17)21-11-13-22(14-12-21)19(23)10-8-15-7-9-18(20)25-15/h3-10H,2,11-14H2,1H3/b10-8+. The molecule has 1 aliphatic rings. The number of amides is 1. The fourth-order valence-electron chi connectivity index (χ4n) is 2.84. The van der Waals surface area contributed by atoms with E-state index in [1.807, 2.05) is 48.2 Å². The minimum absolute atomic E-state index is 0.0715. The quantitative estimate of drug-likeness (QED) is 0.676. The fourth-order valence-corrected chi connectivity index (χ4v) is 4.17. The molecule has 1 saturated heterocycles. The molecule has 3 rings (SSSR count). The van der Waals surface area contributed by atoms with E-state index in [9.17, 15) is 4.79 Å². The Bertz CT molecular complexity index is 751. The number of carbonyl (C=O) groups is 1. The molecule has 1 aliphatic heterocycles. The fraction of sp³-hybridized carbons (Fsp3) is 0.316. The van der Waals surface area contributed by atoms with Crippen LogP contribution in [0.2, 0.25) is 0 Å². The van der Waals surface area contributed by atoms with Crippen LogP contribution in [0.1, 0.15) is 11.8 Å². The number of para-hydroxylation sites is 2. The third kappa shape index (κ3) is 4.64. The molecular formula is C19H21BrN2O2S. The monoisotopic (exact) mass is 420 g/mol. The van der Waals surface area contributed by atoms with Crippen LogP contribution >= 0.6 is 27.3 Å². The van der Waals surface area contributed by atoms with Crippen molar-refractivity contribution in [2.75, 3.05) is 37.7 Å². The lowest BCUT2D eigenvalue weighted by molar-refractivity contribution is -0.126. The summed E-state index contributed by atoms with van der Waals surface area (Å²) < 4.78 is 6.79. The average molecular weight is 421 g/mol. The van der Waals surface area contributed by atoms with Gasteiger partial charge in [0.25, 0.3) is 0 Å². The van der Waals surface area contributed by atoms with Gasteiger partial charge < -0.3 is 14.5 Å². The van der Waals surface area contributed by atoms with Gasteiger partial charge in [0.05, 0.1) is 16.1 Å². The summed E-state index contributed by atoms with van der Waals surface area (Å²) in [5.41, 5.74) is 1.11. The van der Waals surface area contributed by atoms with Gasteiger partial charge in [-0.15, -0.1) is 11.3 Å². The van der Waals surface area contributed by atoms with Crippen LogP contribution in [-0.4, -0.2) is 43.6 Å². The molecule has 0 aliphatic carbocycles. The number of carbonyl (C=O) groups excluding carboxylic acids is 1.